The molecule has 0 aliphatic carbocycles. The molecule has 1 amide bonds. The number of fused-ring (bicyclic) bond motifs is 2. The van der Waals surface area contributed by atoms with Gasteiger partial charge < -0.3 is 24.7 Å². The largest absolute Gasteiger partial charge is 0.490 e. The molecule has 0 atom stereocenters. The number of rotatable bonds is 9. The minimum atomic E-state index is -0.760. The van der Waals surface area contributed by atoms with Gasteiger partial charge in [-0.05, 0) is 48.9 Å². The number of nitrogens with one attached hydrogen (secondary N) is 2. The molecule has 2 aromatic carbocycles. The van der Waals surface area contributed by atoms with Crippen molar-refractivity contribution in [3.63, 3.8) is 0 Å². The predicted octanol–water partition coefficient (Wildman–Crippen LogP) is -0.425. The molecule has 2 aliphatic heterocycles. The third-order valence-electron chi connectivity index (χ3n) is 7.08. The topological polar surface area (TPSA) is 79.5 Å². The van der Waals surface area contributed by atoms with E-state index in [1.54, 1.807) is 29.9 Å². The number of imidazole rings is 1. The summed E-state index contributed by atoms with van der Waals surface area (Å²) in [6.07, 6.45) is 3.59. The van der Waals surface area contributed by atoms with E-state index in [0.29, 0.717) is 0 Å². The van der Waals surface area contributed by atoms with Gasteiger partial charge in [-0.2, -0.15) is 0 Å². The van der Waals surface area contributed by atoms with Gasteiger partial charge in [0.1, 0.15) is 18.1 Å². The Balaban J connectivity index is 0.000000242. The van der Waals surface area contributed by atoms with Crippen molar-refractivity contribution in [3.05, 3.63) is 54.6 Å². The van der Waals surface area contributed by atoms with Crippen molar-refractivity contribution in [2.45, 2.75) is 23.8 Å². The summed E-state index contributed by atoms with van der Waals surface area (Å²) in [5, 5.41) is 2.76. The summed E-state index contributed by atoms with van der Waals surface area (Å²) < 4.78 is 10.9. The van der Waals surface area contributed by atoms with Crippen LogP contribution in [0.3, 0.4) is 0 Å². The zero-order chi connectivity index (χ0) is 33.1. The van der Waals surface area contributed by atoms with E-state index >= 15 is 0 Å². The lowest BCUT2D eigenvalue weighted by atomic mass is 8.47. The minimum Gasteiger partial charge on any atom is -0.490 e. The van der Waals surface area contributed by atoms with Crippen LogP contribution in [0.15, 0.2) is 58.7 Å². The Bertz CT molecular complexity index is 1330. The molecule has 0 saturated heterocycles. The number of H-pyrrole nitrogens is 1. The number of carbonyl (C=O) groups excluding carboxylic acids is 1. The fraction of sp³-hybridized carbons (Fsp3) is 0.304. The number of amides is 1. The highest BCUT2D eigenvalue weighted by molar-refractivity contribution is 8.10. The van der Waals surface area contributed by atoms with Crippen LogP contribution in [-0.4, -0.2) is 148 Å². The average molecular weight is 624 g/mol. The molecular formula is C23H28B14N4O3S2. The van der Waals surface area contributed by atoms with Gasteiger partial charge in [0.2, 0.25) is 0 Å². The number of ether oxygens (including phenoxy) is 2. The van der Waals surface area contributed by atoms with Crippen molar-refractivity contribution >= 4 is 141 Å². The maximum atomic E-state index is 11.0. The van der Waals surface area contributed by atoms with E-state index in [1.165, 1.54) is 10.6 Å². The molecule has 0 spiro atoms. The van der Waals surface area contributed by atoms with Crippen molar-refractivity contribution in [1.82, 2.24) is 9.97 Å². The molecule has 2 N–H and O–H groups in total. The third kappa shape index (κ3) is 11.7. The molecule has 0 bridgehead atoms. The van der Waals surface area contributed by atoms with Crippen molar-refractivity contribution in [2.24, 2.45) is 0 Å². The summed E-state index contributed by atoms with van der Waals surface area (Å²) in [5.41, 5.74) is 3.06. The molecule has 7 nitrogen and oxygen atoms in total. The van der Waals surface area contributed by atoms with Gasteiger partial charge in [0, 0.05) is 116 Å². The van der Waals surface area contributed by atoms with E-state index in [1.807, 2.05) is 30.7 Å². The van der Waals surface area contributed by atoms with E-state index < -0.39 is 38.3 Å². The van der Waals surface area contributed by atoms with Gasteiger partial charge in [-0.3, -0.25) is 4.79 Å². The van der Waals surface area contributed by atoms with Crippen LogP contribution in [-0.2, 0) is 11.3 Å². The van der Waals surface area contributed by atoms with E-state index in [-0.39, 0.29) is 19.9 Å². The number of hydrogen-bond acceptors (Lipinski definition) is 7. The SMILES string of the molecule is C.CSc1ccc2c(c1)N(Cc1cnc[nH]1)CCO2.CSc1ccc2c(c1)NC(=O)CO2.[B]B([B])B(B([B])[B])B(B([B])[B])B([B])[B]. The molecule has 3 heterocycles. The number of anilines is 2. The van der Waals surface area contributed by atoms with Crippen LogP contribution in [0.1, 0.15) is 13.1 Å². The summed E-state index contributed by atoms with van der Waals surface area (Å²) in [7, 11) is 44.1. The molecular weight excluding hydrogens is 596 g/mol. The van der Waals surface area contributed by atoms with Gasteiger partial charge in [0.25, 0.3) is 5.91 Å². The second-order valence-corrected chi connectivity index (χ2v) is 12.1. The van der Waals surface area contributed by atoms with Crippen LogP contribution >= 0.6 is 23.5 Å². The van der Waals surface area contributed by atoms with Crippen LogP contribution in [0.25, 0.3) is 0 Å². The Kier molecular flexibility index (Phi) is 17.4. The summed E-state index contributed by atoms with van der Waals surface area (Å²) in [4.78, 5) is 22.9. The maximum Gasteiger partial charge on any atom is 0.262 e. The first kappa shape index (κ1) is 40.3. The smallest absolute Gasteiger partial charge is 0.262 e. The Hall–Kier alpha value is -1.87. The summed E-state index contributed by atoms with van der Waals surface area (Å²) in [6.45, 7) is 2.60. The number of aromatic nitrogens is 2. The number of carbonyl (C=O) groups is 1. The van der Waals surface area contributed by atoms with Gasteiger partial charge in [-0.15, -0.1) is 23.5 Å². The maximum absolute atomic E-state index is 11.0. The normalized spacial score (nSPS) is 12.3. The third-order valence-corrected chi connectivity index (χ3v) is 8.53. The molecule has 1 aromatic heterocycles. The molecule has 2 aliphatic rings. The summed E-state index contributed by atoms with van der Waals surface area (Å²) in [6, 6.07) is 12.1. The van der Waals surface area contributed by atoms with Crippen molar-refractivity contribution in [1.29, 1.82) is 0 Å². The Labute approximate surface area is 296 Å². The van der Waals surface area contributed by atoms with Gasteiger partial charge in [-0.25, -0.2) is 4.98 Å². The van der Waals surface area contributed by atoms with Crippen LogP contribution in [0, 0.1) is 0 Å². The Morgan fingerprint density at radius 1 is 0.848 bits per heavy atom. The molecule has 0 fully saturated rings. The van der Waals surface area contributed by atoms with Gasteiger partial charge >= 0.3 is 0 Å². The molecule has 5 rings (SSSR count). The number of hydrogen-bond donors (Lipinski definition) is 2. The molecule has 23 heteroatoms. The quantitative estimate of drug-likeness (QED) is 0.248. The highest BCUT2D eigenvalue weighted by atomic mass is 32.2. The van der Waals surface area contributed by atoms with E-state index in [9.17, 15) is 4.79 Å². The van der Waals surface area contributed by atoms with Crippen LogP contribution in [0.4, 0.5) is 11.4 Å². The lowest BCUT2D eigenvalue weighted by Crippen LogP contribution is -2.72. The van der Waals surface area contributed by atoms with Gasteiger partial charge in [-0.1, -0.05) is 7.43 Å². The minimum absolute atomic E-state index is 0. The first-order chi connectivity index (χ1) is 21.4. The molecule has 0 saturated carbocycles. The fourth-order valence-corrected chi connectivity index (χ4v) is 5.72. The van der Waals surface area contributed by atoms with Gasteiger partial charge in [0.15, 0.2) is 6.61 Å². The Morgan fingerprint density at radius 3 is 1.93 bits per heavy atom. The zero-order valence-electron chi connectivity index (χ0n) is 25.5. The van der Waals surface area contributed by atoms with E-state index in [2.05, 4.69) is 44.6 Å². The molecule has 0 unspecified atom stereocenters. The molecule has 16 radical (unpaired) electrons. The first-order valence-electron chi connectivity index (χ1n) is 14.1. The highest BCUT2D eigenvalue weighted by Gasteiger charge is 2.35. The Morgan fingerprint density at radius 2 is 1.41 bits per heavy atom. The number of benzene rings is 2. The molecule has 212 valence electrons. The van der Waals surface area contributed by atoms with Crippen molar-refractivity contribution < 1.29 is 14.3 Å². The number of thioether (sulfide) groups is 2. The molecule has 46 heavy (non-hydrogen) atoms. The van der Waals surface area contributed by atoms with Crippen LogP contribution in [0.2, 0.25) is 0 Å². The van der Waals surface area contributed by atoms with Crippen molar-refractivity contribution in [3.8, 4) is 11.5 Å². The van der Waals surface area contributed by atoms with E-state index in [0.717, 1.165) is 47.5 Å². The average Bonchev–Trinajstić information content (AvgIpc) is 3.52. The van der Waals surface area contributed by atoms with Crippen molar-refractivity contribution in [2.75, 3.05) is 42.5 Å². The monoisotopic (exact) mass is 626 g/mol. The lowest BCUT2D eigenvalue weighted by molar-refractivity contribution is -0.118. The highest BCUT2D eigenvalue weighted by Crippen LogP contribution is 2.35. The van der Waals surface area contributed by atoms with E-state index in [4.69, 9.17) is 71.4 Å². The molecule has 3 aromatic rings. The van der Waals surface area contributed by atoms with Crippen LogP contribution in [0.5, 0.6) is 11.5 Å². The number of nitrogens with zero attached hydrogens (tertiary/aromatic N) is 2. The zero-order valence-corrected chi connectivity index (χ0v) is 27.1. The summed E-state index contributed by atoms with van der Waals surface area (Å²) >= 11 is 3.39. The van der Waals surface area contributed by atoms with Gasteiger partial charge in [0.05, 0.1) is 36.5 Å². The fourth-order valence-electron chi connectivity index (χ4n) is 4.85. The lowest BCUT2D eigenvalue weighted by Gasteiger charge is -2.34. The standard InChI is InChI=1S/C13H15N3OS.C9H9NO2S.CH4.B14/c1-18-11-2-3-13-12(6-11)16(4-5-17-13)8-10-7-14-9-15-10;1-13-6-2-3-8-7(4-6)10-9(11)5-12-8;;1-9(2)13(10(3)4)14(11(5)6)12(7)8/h2-3,6-7,9H,4-5,8H2,1H3,(H,14,15);2-4H,5H2,1H3,(H,10,11);1H4;. The first-order valence-corrected chi connectivity index (χ1v) is 16.6. The number of aromatic amines is 1. The second kappa shape index (κ2) is 19.8. The predicted molar refractivity (Wildman–Crippen MR) is 213 cm³/mol. The van der Waals surface area contributed by atoms with Crippen LogP contribution < -0.4 is 19.7 Å². The summed E-state index contributed by atoms with van der Waals surface area (Å²) in [5.74, 6) is 1.63. The second-order valence-electron chi connectivity index (χ2n) is 10.3.